The van der Waals surface area contributed by atoms with E-state index >= 15 is 0 Å². The van der Waals surface area contributed by atoms with Crippen molar-refractivity contribution in [1.82, 2.24) is 4.90 Å². The number of hydrogen-bond donors (Lipinski definition) is 0. The van der Waals surface area contributed by atoms with Crippen LogP contribution in [0.5, 0.6) is 0 Å². The van der Waals surface area contributed by atoms with E-state index in [1.54, 1.807) is 11.8 Å². The van der Waals surface area contributed by atoms with E-state index < -0.39 is 0 Å². The van der Waals surface area contributed by atoms with Gasteiger partial charge in [-0.3, -0.25) is 14.7 Å². The molecule has 4 heteroatoms. The third-order valence-electron chi connectivity index (χ3n) is 2.17. The van der Waals surface area contributed by atoms with Crippen molar-refractivity contribution in [2.75, 3.05) is 5.75 Å². The van der Waals surface area contributed by atoms with E-state index in [1.807, 2.05) is 11.8 Å². The highest BCUT2D eigenvalue weighted by Crippen LogP contribution is 2.28. The maximum atomic E-state index is 11.5. The lowest BCUT2D eigenvalue weighted by Crippen LogP contribution is -2.42. The average molecular weight is 184 g/mol. The first-order valence-corrected chi connectivity index (χ1v) is 5.19. The largest absolute Gasteiger partial charge is 0.288 e. The van der Waals surface area contributed by atoms with Crippen molar-refractivity contribution in [3.05, 3.63) is 0 Å². The van der Waals surface area contributed by atoms with E-state index in [2.05, 4.69) is 11.9 Å². The van der Waals surface area contributed by atoms with Gasteiger partial charge < -0.3 is 0 Å². The summed E-state index contributed by atoms with van der Waals surface area (Å²) in [6, 6.07) is 0.523. The predicted octanol–water partition coefficient (Wildman–Crippen LogP) is 1.10. The van der Waals surface area contributed by atoms with Gasteiger partial charge >= 0.3 is 0 Å². The molecular formula is C8H12N2OS. The minimum Gasteiger partial charge on any atom is -0.288 e. The van der Waals surface area contributed by atoms with Crippen LogP contribution >= 0.6 is 11.8 Å². The molecule has 0 saturated carbocycles. The van der Waals surface area contributed by atoms with Crippen LogP contribution < -0.4 is 0 Å². The third-order valence-corrected chi connectivity index (χ3v) is 3.38. The van der Waals surface area contributed by atoms with Crippen LogP contribution in [0, 0.1) is 0 Å². The van der Waals surface area contributed by atoms with Gasteiger partial charge in [-0.05, 0) is 13.8 Å². The molecule has 0 spiro atoms. The second-order valence-electron chi connectivity index (χ2n) is 3.39. The molecule has 2 aliphatic heterocycles. The minimum atomic E-state index is 0.182. The molecule has 0 aromatic heterocycles. The first-order chi connectivity index (χ1) is 5.68. The second kappa shape index (κ2) is 2.76. The fraction of sp³-hybridized carbons (Fsp3) is 0.750. The first-order valence-electron chi connectivity index (χ1n) is 4.21. The molecule has 2 unspecified atom stereocenters. The summed E-state index contributed by atoms with van der Waals surface area (Å²) < 4.78 is 0. The number of carbonyl (C=O) groups excluding carboxylic acids is 1. The van der Waals surface area contributed by atoms with Crippen molar-refractivity contribution in [3.63, 3.8) is 0 Å². The van der Waals surface area contributed by atoms with E-state index in [0.29, 0.717) is 12.5 Å². The molecule has 0 N–H and O–H groups in total. The number of amides is 1. The summed E-state index contributed by atoms with van der Waals surface area (Å²) in [5.41, 5.74) is 0. The molecule has 0 radical (unpaired) electrons. The molecule has 66 valence electrons. The molecule has 0 aliphatic carbocycles. The van der Waals surface area contributed by atoms with Crippen LogP contribution in [0.15, 0.2) is 4.99 Å². The third kappa shape index (κ3) is 1.14. The van der Waals surface area contributed by atoms with E-state index in [0.717, 1.165) is 10.9 Å². The highest BCUT2D eigenvalue weighted by Gasteiger charge is 2.35. The Labute approximate surface area is 76.2 Å². The maximum Gasteiger partial charge on any atom is 0.230 e. The quantitative estimate of drug-likeness (QED) is 0.564. The maximum absolute atomic E-state index is 11.5. The normalized spacial score (nSPS) is 35.0. The SMILES string of the molecule is CC1CC(=O)N2C(=N1)SCC2C. The Balaban J connectivity index is 2.30. The molecule has 0 bridgehead atoms. The van der Waals surface area contributed by atoms with Crippen LogP contribution in [0.25, 0.3) is 0 Å². The van der Waals surface area contributed by atoms with E-state index in [-0.39, 0.29) is 11.9 Å². The van der Waals surface area contributed by atoms with Crippen LogP contribution in [-0.4, -0.2) is 33.8 Å². The minimum absolute atomic E-state index is 0.182. The summed E-state index contributed by atoms with van der Waals surface area (Å²) in [6.07, 6.45) is 0.578. The van der Waals surface area contributed by atoms with Crippen LogP contribution in [0.4, 0.5) is 0 Å². The van der Waals surface area contributed by atoms with Crippen molar-refractivity contribution in [2.24, 2.45) is 4.99 Å². The molecular weight excluding hydrogens is 172 g/mol. The summed E-state index contributed by atoms with van der Waals surface area (Å²) in [5, 5.41) is 0.936. The number of rotatable bonds is 0. The van der Waals surface area contributed by atoms with Crippen LogP contribution in [0.2, 0.25) is 0 Å². The summed E-state index contributed by atoms with van der Waals surface area (Å²) in [7, 11) is 0. The number of carbonyl (C=O) groups is 1. The van der Waals surface area contributed by atoms with Gasteiger partial charge in [0.1, 0.15) is 0 Å². The van der Waals surface area contributed by atoms with Crippen molar-refractivity contribution >= 4 is 22.8 Å². The number of hydrogen-bond acceptors (Lipinski definition) is 3. The summed E-state index contributed by atoms with van der Waals surface area (Å²) >= 11 is 1.70. The topological polar surface area (TPSA) is 32.7 Å². The lowest BCUT2D eigenvalue weighted by Gasteiger charge is -2.26. The number of fused-ring (bicyclic) bond motifs is 1. The first kappa shape index (κ1) is 8.10. The lowest BCUT2D eigenvalue weighted by atomic mass is 10.2. The molecule has 1 saturated heterocycles. The van der Waals surface area contributed by atoms with Gasteiger partial charge in [0.25, 0.3) is 0 Å². The van der Waals surface area contributed by atoms with E-state index in [9.17, 15) is 4.79 Å². The van der Waals surface area contributed by atoms with Gasteiger partial charge in [0.05, 0.1) is 6.04 Å². The molecule has 2 atom stereocenters. The standard InChI is InChI=1S/C8H12N2OS/c1-5-3-7(11)10-6(2)4-12-8(10)9-5/h5-6H,3-4H2,1-2H3. The Kier molecular flexibility index (Phi) is 1.87. The molecule has 2 heterocycles. The number of aliphatic imine (C=N–C) groups is 1. The molecule has 1 fully saturated rings. The fourth-order valence-electron chi connectivity index (χ4n) is 1.56. The van der Waals surface area contributed by atoms with Crippen LogP contribution in [0.3, 0.4) is 0 Å². The Bertz CT molecular complexity index is 251. The molecule has 2 rings (SSSR count). The van der Waals surface area contributed by atoms with Gasteiger partial charge in [0.15, 0.2) is 5.17 Å². The van der Waals surface area contributed by atoms with Crippen LogP contribution in [-0.2, 0) is 4.79 Å². The molecule has 0 aromatic rings. The van der Waals surface area contributed by atoms with Gasteiger partial charge in [0.2, 0.25) is 5.91 Å². The lowest BCUT2D eigenvalue weighted by molar-refractivity contribution is -0.129. The molecule has 2 aliphatic rings. The Morgan fingerprint density at radius 1 is 1.58 bits per heavy atom. The van der Waals surface area contributed by atoms with Gasteiger partial charge in [0, 0.05) is 18.2 Å². The zero-order chi connectivity index (χ0) is 8.72. The predicted molar refractivity (Wildman–Crippen MR) is 50.3 cm³/mol. The fourth-order valence-corrected chi connectivity index (χ4v) is 2.78. The smallest absolute Gasteiger partial charge is 0.230 e. The van der Waals surface area contributed by atoms with Gasteiger partial charge in [-0.25, -0.2) is 0 Å². The van der Waals surface area contributed by atoms with Gasteiger partial charge in [-0.1, -0.05) is 11.8 Å². The van der Waals surface area contributed by atoms with E-state index in [1.165, 1.54) is 0 Å². The summed E-state index contributed by atoms with van der Waals surface area (Å²) in [5.74, 6) is 1.24. The molecule has 0 aromatic carbocycles. The molecule has 1 amide bonds. The van der Waals surface area contributed by atoms with Crippen LogP contribution in [0.1, 0.15) is 20.3 Å². The Morgan fingerprint density at radius 2 is 2.33 bits per heavy atom. The van der Waals surface area contributed by atoms with Gasteiger partial charge in [-0.15, -0.1) is 0 Å². The van der Waals surface area contributed by atoms with Crippen molar-refractivity contribution < 1.29 is 4.79 Å². The van der Waals surface area contributed by atoms with Crippen molar-refractivity contribution in [3.8, 4) is 0 Å². The number of thioether (sulfide) groups is 1. The van der Waals surface area contributed by atoms with Crippen molar-refractivity contribution in [1.29, 1.82) is 0 Å². The number of amidine groups is 1. The molecule has 12 heavy (non-hydrogen) atoms. The van der Waals surface area contributed by atoms with E-state index in [4.69, 9.17) is 0 Å². The highest BCUT2D eigenvalue weighted by atomic mass is 32.2. The van der Waals surface area contributed by atoms with Crippen molar-refractivity contribution in [2.45, 2.75) is 32.4 Å². The average Bonchev–Trinajstić information content (AvgIpc) is 2.31. The molecule has 3 nitrogen and oxygen atoms in total. The summed E-state index contributed by atoms with van der Waals surface area (Å²) in [4.78, 5) is 17.8. The number of nitrogens with zero attached hydrogens (tertiary/aromatic N) is 2. The zero-order valence-corrected chi connectivity index (χ0v) is 8.10. The highest BCUT2D eigenvalue weighted by molar-refractivity contribution is 8.14. The zero-order valence-electron chi connectivity index (χ0n) is 7.28. The second-order valence-corrected chi connectivity index (χ2v) is 4.38. The Morgan fingerprint density at radius 3 is 3.08 bits per heavy atom. The summed E-state index contributed by atoms with van der Waals surface area (Å²) in [6.45, 7) is 4.06. The Hall–Kier alpha value is -0.510. The van der Waals surface area contributed by atoms with Gasteiger partial charge in [-0.2, -0.15) is 0 Å². The monoisotopic (exact) mass is 184 g/mol.